The summed E-state index contributed by atoms with van der Waals surface area (Å²) in [6.07, 6.45) is 0. The van der Waals surface area contributed by atoms with Gasteiger partial charge in [0.15, 0.2) is 5.16 Å². The average molecular weight is 367 g/mol. The molecule has 2 aromatic heterocycles. The second-order valence-electron chi connectivity index (χ2n) is 4.54. The highest BCUT2D eigenvalue weighted by Crippen LogP contribution is 2.38. The topological polar surface area (TPSA) is 72.3 Å². The van der Waals surface area contributed by atoms with E-state index in [2.05, 4.69) is 9.97 Å². The second-order valence-corrected chi connectivity index (χ2v) is 6.70. The SMILES string of the molecule is COc1ccc(-c2csc3nc(SCC(=O)O)nc(Cl)c23)cc1. The van der Waals surface area contributed by atoms with Crippen LogP contribution in [0.15, 0.2) is 34.8 Å². The van der Waals surface area contributed by atoms with Crippen LogP contribution >= 0.6 is 34.7 Å². The number of aromatic nitrogens is 2. The van der Waals surface area contributed by atoms with Gasteiger partial charge in [-0.25, -0.2) is 9.97 Å². The summed E-state index contributed by atoms with van der Waals surface area (Å²) in [7, 11) is 1.62. The number of thioether (sulfide) groups is 1. The summed E-state index contributed by atoms with van der Waals surface area (Å²) < 4.78 is 5.16. The zero-order chi connectivity index (χ0) is 16.4. The molecular weight excluding hydrogens is 356 g/mol. The van der Waals surface area contributed by atoms with Gasteiger partial charge in [0.05, 0.1) is 18.2 Å². The smallest absolute Gasteiger partial charge is 0.313 e. The van der Waals surface area contributed by atoms with Gasteiger partial charge in [0.25, 0.3) is 0 Å². The molecule has 0 aliphatic rings. The van der Waals surface area contributed by atoms with Gasteiger partial charge in [-0.05, 0) is 17.7 Å². The third kappa shape index (κ3) is 3.41. The molecule has 0 aliphatic carbocycles. The minimum atomic E-state index is -0.917. The third-order valence-electron chi connectivity index (χ3n) is 3.09. The number of methoxy groups -OCH3 is 1. The average Bonchev–Trinajstić information content (AvgIpc) is 2.97. The second kappa shape index (κ2) is 6.74. The number of aliphatic carboxylic acids is 1. The van der Waals surface area contributed by atoms with E-state index in [9.17, 15) is 4.79 Å². The van der Waals surface area contributed by atoms with Crippen molar-refractivity contribution in [1.29, 1.82) is 0 Å². The molecule has 0 radical (unpaired) electrons. The van der Waals surface area contributed by atoms with Crippen LogP contribution in [0, 0.1) is 0 Å². The number of ether oxygens (including phenoxy) is 1. The van der Waals surface area contributed by atoms with E-state index < -0.39 is 5.97 Å². The number of benzene rings is 1. The van der Waals surface area contributed by atoms with E-state index in [-0.39, 0.29) is 5.75 Å². The predicted molar refractivity (Wildman–Crippen MR) is 92.8 cm³/mol. The number of thiophene rings is 1. The number of fused-ring (bicyclic) bond motifs is 1. The Morgan fingerprint density at radius 1 is 1.35 bits per heavy atom. The Labute approximate surface area is 145 Å². The fourth-order valence-electron chi connectivity index (χ4n) is 2.05. The van der Waals surface area contributed by atoms with Crippen molar-refractivity contribution in [3.63, 3.8) is 0 Å². The normalized spacial score (nSPS) is 10.9. The largest absolute Gasteiger partial charge is 0.497 e. The minimum Gasteiger partial charge on any atom is -0.497 e. The first-order chi connectivity index (χ1) is 11.1. The van der Waals surface area contributed by atoms with Crippen molar-refractivity contribution >= 4 is 50.9 Å². The van der Waals surface area contributed by atoms with Gasteiger partial charge in [0.2, 0.25) is 0 Å². The first-order valence-corrected chi connectivity index (χ1v) is 8.76. The van der Waals surface area contributed by atoms with Gasteiger partial charge >= 0.3 is 5.97 Å². The standard InChI is InChI=1S/C15H11ClN2O3S2/c1-21-9-4-2-8(3-5-9)10-6-22-14-12(10)13(16)17-15(18-14)23-7-11(19)20/h2-6H,7H2,1H3,(H,19,20). The Morgan fingerprint density at radius 2 is 2.09 bits per heavy atom. The number of nitrogens with zero attached hydrogens (tertiary/aromatic N) is 2. The van der Waals surface area contributed by atoms with Gasteiger partial charge < -0.3 is 9.84 Å². The molecule has 0 spiro atoms. The fourth-order valence-corrected chi connectivity index (χ4v) is 4.00. The first-order valence-electron chi connectivity index (χ1n) is 6.52. The number of rotatable bonds is 5. The van der Waals surface area contributed by atoms with Crippen LogP contribution in [0.3, 0.4) is 0 Å². The molecule has 5 nitrogen and oxygen atoms in total. The fraction of sp³-hybridized carbons (Fsp3) is 0.133. The van der Waals surface area contributed by atoms with Gasteiger partial charge in [-0.15, -0.1) is 11.3 Å². The first kappa shape index (κ1) is 16.0. The highest BCUT2D eigenvalue weighted by Gasteiger charge is 2.15. The van der Waals surface area contributed by atoms with Crippen LogP contribution < -0.4 is 4.74 Å². The third-order valence-corrected chi connectivity index (χ3v) is 5.07. The van der Waals surface area contributed by atoms with E-state index >= 15 is 0 Å². The summed E-state index contributed by atoms with van der Waals surface area (Å²) >= 11 is 8.81. The molecule has 1 N–H and O–H groups in total. The number of carboxylic acid groups (broad SMARTS) is 1. The highest BCUT2D eigenvalue weighted by molar-refractivity contribution is 7.99. The van der Waals surface area contributed by atoms with Crippen LogP contribution in [0.4, 0.5) is 0 Å². The molecule has 0 saturated heterocycles. The van der Waals surface area contributed by atoms with Crippen LogP contribution in [-0.4, -0.2) is 33.9 Å². The maximum Gasteiger partial charge on any atom is 0.313 e. The van der Waals surface area contributed by atoms with Crippen molar-refractivity contribution < 1.29 is 14.6 Å². The number of halogens is 1. The monoisotopic (exact) mass is 366 g/mol. The maximum atomic E-state index is 10.6. The Bertz CT molecular complexity index is 865. The molecule has 0 bridgehead atoms. The van der Waals surface area contributed by atoms with Gasteiger partial charge in [-0.2, -0.15) is 0 Å². The minimum absolute atomic E-state index is 0.0987. The summed E-state index contributed by atoms with van der Waals surface area (Å²) in [5.41, 5.74) is 1.95. The number of carboxylic acids is 1. The lowest BCUT2D eigenvalue weighted by Gasteiger charge is -2.04. The zero-order valence-electron chi connectivity index (χ0n) is 11.9. The van der Waals surface area contributed by atoms with Gasteiger partial charge in [-0.3, -0.25) is 4.79 Å². The molecule has 1 aromatic carbocycles. The molecule has 0 saturated carbocycles. The van der Waals surface area contributed by atoms with E-state index in [1.165, 1.54) is 11.3 Å². The summed E-state index contributed by atoms with van der Waals surface area (Å²) in [4.78, 5) is 20.0. The number of carbonyl (C=O) groups is 1. The van der Waals surface area contributed by atoms with Crippen molar-refractivity contribution in [2.24, 2.45) is 0 Å². The molecule has 8 heteroatoms. The van der Waals surface area contributed by atoms with Crippen LogP contribution in [0.5, 0.6) is 5.75 Å². The van der Waals surface area contributed by atoms with Gasteiger partial charge in [0.1, 0.15) is 15.7 Å². The number of hydrogen-bond acceptors (Lipinski definition) is 6. The molecule has 0 fully saturated rings. The van der Waals surface area contributed by atoms with Crippen molar-refractivity contribution in [3.05, 3.63) is 34.8 Å². The van der Waals surface area contributed by atoms with E-state index in [0.717, 1.165) is 38.9 Å². The summed E-state index contributed by atoms with van der Waals surface area (Å²) in [5, 5.41) is 12.2. The van der Waals surface area contributed by atoms with Crippen LogP contribution in [0.2, 0.25) is 5.15 Å². The summed E-state index contributed by atoms with van der Waals surface area (Å²) in [6.45, 7) is 0. The summed E-state index contributed by atoms with van der Waals surface area (Å²) in [6, 6.07) is 7.66. The molecule has 3 aromatic rings. The van der Waals surface area contributed by atoms with E-state index in [0.29, 0.717) is 10.3 Å². The van der Waals surface area contributed by atoms with E-state index in [1.54, 1.807) is 7.11 Å². The molecule has 0 aliphatic heterocycles. The molecule has 2 heterocycles. The zero-order valence-corrected chi connectivity index (χ0v) is 14.3. The quantitative estimate of drug-likeness (QED) is 0.414. The lowest BCUT2D eigenvalue weighted by atomic mass is 10.1. The van der Waals surface area contributed by atoms with Crippen LogP contribution in [0.1, 0.15) is 0 Å². The molecule has 0 atom stereocenters. The van der Waals surface area contributed by atoms with E-state index in [1.807, 2.05) is 29.6 Å². The van der Waals surface area contributed by atoms with Crippen molar-refractivity contribution in [3.8, 4) is 16.9 Å². The lowest BCUT2D eigenvalue weighted by Crippen LogP contribution is -1.99. The van der Waals surface area contributed by atoms with Gasteiger partial charge in [-0.1, -0.05) is 35.5 Å². The summed E-state index contributed by atoms with van der Waals surface area (Å²) in [5.74, 6) is -0.235. The van der Waals surface area contributed by atoms with Crippen molar-refractivity contribution in [2.45, 2.75) is 5.16 Å². The van der Waals surface area contributed by atoms with Crippen molar-refractivity contribution in [2.75, 3.05) is 12.9 Å². The van der Waals surface area contributed by atoms with Crippen LogP contribution in [0.25, 0.3) is 21.3 Å². The molecule has 23 heavy (non-hydrogen) atoms. The van der Waals surface area contributed by atoms with Crippen LogP contribution in [-0.2, 0) is 4.79 Å². The molecule has 0 amide bonds. The molecular formula is C15H11ClN2O3S2. The predicted octanol–water partition coefficient (Wildman–Crippen LogP) is 4.20. The Balaban J connectivity index is 2.01. The van der Waals surface area contributed by atoms with E-state index in [4.69, 9.17) is 21.4 Å². The highest BCUT2D eigenvalue weighted by atomic mass is 35.5. The molecule has 0 unspecified atom stereocenters. The van der Waals surface area contributed by atoms with Crippen molar-refractivity contribution in [1.82, 2.24) is 9.97 Å². The molecule has 3 rings (SSSR count). The van der Waals surface area contributed by atoms with Gasteiger partial charge in [0, 0.05) is 10.9 Å². The molecule has 118 valence electrons. The number of hydrogen-bond donors (Lipinski definition) is 1. The maximum absolute atomic E-state index is 10.6. The Kier molecular flexibility index (Phi) is 4.70. The lowest BCUT2D eigenvalue weighted by molar-refractivity contribution is -0.133. The Morgan fingerprint density at radius 3 is 2.74 bits per heavy atom. The Hall–Kier alpha value is -1.83.